The second kappa shape index (κ2) is 11.8. The number of anilines is 2. The van der Waals surface area contributed by atoms with Crippen LogP contribution in [0.4, 0.5) is 11.5 Å². The summed E-state index contributed by atoms with van der Waals surface area (Å²) in [5.74, 6) is 2.34. The van der Waals surface area contributed by atoms with Crippen LogP contribution in [0, 0.1) is 0 Å². The van der Waals surface area contributed by atoms with Crippen molar-refractivity contribution in [3.05, 3.63) is 64.7 Å². The Labute approximate surface area is 215 Å². The summed E-state index contributed by atoms with van der Waals surface area (Å²) in [6.45, 7) is 6.32. The highest BCUT2D eigenvalue weighted by Crippen LogP contribution is 2.28. The maximum atomic E-state index is 12.3. The predicted molar refractivity (Wildman–Crippen MR) is 140 cm³/mol. The van der Waals surface area contributed by atoms with Gasteiger partial charge in [-0.15, -0.1) is 0 Å². The molecule has 35 heavy (non-hydrogen) atoms. The van der Waals surface area contributed by atoms with E-state index in [0.717, 1.165) is 48.4 Å². The number of hydrogen-bond donors (Lipinski definition) is 0. The average molecular weight is 516 g/mol. The summed E-state index contributed by atoms with van der Waals surface area (Å²) >= 11 is 7.87. The first-order chi connectivity index (χ1) is 17.0. The lowest BCUT2D eigenvalue weighted by atomic mass is 10.2. The highest BCUT2D eigenvalue weighted by molar-refractivity contribution is 7.98. The number of amides is 1. The SMILES string of the molecule is CCN(C)C(=O)c1ccc(CSc2nc(COC)cc(N3CCN(c4ccccc4Cl)CC3)n2)o1. The summed E-state index contributed by atoms with van der Waals surface area (Å²) in [7, 11) is 3.41. The molecule has 3 heterocycles. The molecule has 8 nitrogen and oxygen atoms in total. The fraction of sp³-hybridized carbons (Fsp3) is 0.400. The van der Waals surface area contributed by atoms with Crippen molar-refractivity contribution < 1.29 is 13.9 Å². The van der Waals surface area contributed by atoms with Gasteiger partial charge >= 0.3 is 0 Å². The summed E-state index contributed by atoms with van der Waals surface area (Å²) in [5, 5.41) is 1.42. The minimum Gasteiger partial charge on any atom is -0.455 e. The topological polar surface area (TPSA) is 74.9 Å². The number of carbonyl (C=O) groups is 1. The molecule has 1 fully saturated rings. The Hall–Kier alpha value is -2.75. The van der Waals surface area contributed by atoms with Gasteiger partial charge in [-0.05, 0) is 31.2 Å². The van der Waals surface area contributed by atoms with E-state index in [1.165, 1.54) is 11.8 Å². The van der Waals surface area contributed by atoms with Crippen molar-refractivity contribution in [2.75, 3.05) is 56.7 Å². The van der Waals surface area contributed by atoms with Crippen molar-refractivity contribution in [1.29, 1.82) is 0 Å². The molecule has 2 aromatic heterocycles. The zero-order valence-electron chi connectivity index (χ0n) is 20.2. The quantitative estimate of drug-likeness (QED) is 0.303. The third-order valence-corrected chi connectivity index (χ3v) is 7.06. The number of furan rings is 1. The van der Waals surface area contributed by atoms with Gasteiger partial charge in [0.25, 0.3) is 5.91 Å². The molecule has 1 saturated heterocycles. The zero-order chi connectivity index (χ0) is 24.8. The third kappa shape index (κ3) is 6.28. The van der Waals surface area contributed by atoms with Crippen molar-refractivity contribution in [3.63, 3.8) is 0 Å². The van der Waals surface area contributed by atoms with E-state index >= 15 is 0 Å². The van der Waals surface area contributed by atoms with E-state index in [1.54, 1.807) is 25.1 Å². The molecule has 0 aliphatic carbocycles. The van der Waals surface area contributed by atoms with E-state index in [0.29, 0.717) is 35.6 Å². The average Bonchev–Trinajstić information content (AvgIpc) is 3.36. The van der Waals surface area contributed by atoms with Crippen molar-refractivity contribution in [2.24, 2.45) is 0 Å². The molecule has 0 spiro atoms. The summed E-state index contributed by atoms with van der Waals surface area (Å²) < 4.78 is 11.1. The molecule has 1 aromatic carbocycles. The van der Waals surface area contributed by atoms with Crippen LogP contribution in [0.2, 0.25) is 5.02 Å². The maximum absolute atomic E-state index is 12.3. The van der Waals surface area contributed by atoms with Gasteiger partial charge in [0.15, 0.2) is 10.9 Å². The molecule has 4 rings (SSSR count). The van der Waals surface area contributed by atoms with Crippen LogP contribution in [0.5, 0.6) is 0 Å². The third-order valence-electron chi connectivity index (χ3n) is 5.87. The number of thioether (sulfide) groups is 1. The normalized spacial score (nSPS) is 13.8. The van der Waals surface area contributed by atoms with Crippen LogP contribution in [0.1, 0.15) is 28.9 Å². The number of ether oxygens (including phenoxy) is 1. The predicted octanol–water partition coefficient (Wildman–Crippen LogP) is 4.58. The number of piperazine rings is 1. The highest BCUT2D eigenvalue weighted by Gasteiger charge is 2.21. The number of benzene rings is 1. The smallest absolute Gasteiger partial charge is 0.289 e. The van der Waals surface area contributed by atoms with Crippen LogP contribution in [-0.2, 0) is 17.1 Å². The molecule has 1 aliphatic heterocycles. The second-order valence-electron chi connectivity index (χ2n) is 8.23. The van der Waals surface area contributed by atoms with Gasteiger partial charge in [-0.3, -0.25) is 4.79 Å². The van der Waals surface area contributed by atoms with E-state index in [9.17, 15) is 4.79 Å². The molecule has 186 valence electrons. The maximum Gasteiger partial charge on any atom is 0.289 e. The molecule has 0 saturated carbocycles. The Balaban J connectivity index is 1.43. The molecular formula is C25H30ClN5O3S. The van der Waals surface area contributed by atoms with Gasteiger partial charge in [0.2, 0.25) is 0 Å². The van der Waals surface area contributed by atoms with Gasteiger partial charge < -0.3 is 23.9 Å². The van der Waals surface area contributed by atoms with Crippen molar-refractivity contribution in [1.82, 2.24) is 14.9 Å². The number of carbonyl (C=O) groups excluding carboxylic acids is 1. The van der Waals surface area contributed by atoms with Crippen molar-refractivity contribution in [2.45, 2.75) is 24.4 Å². The van der Waals surface area contributed by atoms with Gasteiger partial charge in [0, 0.05) is 52.9 Å². The number of aromatic nitrogens is 2. The number of nitrogens with zero attached hydrogens (tertiary/aromatic N) is 5. The van der Waals surface area contributed by atoms with E-state index in [4.69, 9.17) is 25.7 Å². The van der Waals surface area contributed by atoms with Crippen molar-refractivity contribution >= 4 is 40.8 Å². The first-order valence-electron chi connectivity index (χ1n) is 11.6. The molecule has 0 bridgehead atoms. The monoisotopic (exact) mass is 515 g/mol. The van der Waals surface area contributed by atoms with Crippen LogP contribution in [0.25, 0.3) is 0 Å². The first-order valence-corrected chi connectivity index (χ1v) is 12.9. The van der Waals surface area contributed by atoms with Gasteiger partial charge in [0.05, 0.1) is 28.8 Å². The van der Waals surface area contributed by atoms with Crippen LogP contribution >= 0.6 is 23.4 Å². The first kappa shape index (κ1) is 25.3. The number of hydrogen-bond acceptors (Lipinski definition) is 8. The van der Waals surface area contributed by atoms with Crippen LogP contribution < -0.4 is 9.80 Å². The largest absolute Gasteiger partial charge is 0.455 e. The highest BCUT2D eigenvalue weighted by atomic mass is 35.5. The fourth-order valence-corrected chi connectivity index (χ4v) is 4.85. The zero-order valence-corrected chi connectivity index (χ0v) is 21.8. The Morgan fingerprint density at radius 2 is 1.89 bits per heavy atom. The van der Waals surface area contributed by atoms with Crippen LogP contribution in [-0.4, -0.2) is 67.7 Å². The lowest BCUT2D eigenvalue weighted by Gasteiger charge is -2.37. The molecule has 1 aliphatic rings. The van der Waals surface area contributed by atoms with E-state index in [-0.39, 0.29) is 5.91 Å². The molecule has 10 heteroatoms. The lowest BCUT2D eigenvalue weighted by molar-refractivity contribution is 0.0769. The molecule has 3 aromatic rings. The molecule has 1 amide bonds. The number of methoxy groups -OCH3 is 1. The van der Waals surface area contributed by atoms with Crippen LogP contribution in [0.3, 0.4) is 0 Å². The Bertz CT molecular complexity index is 1150. The minimum absolute atomic E-state index is 0.125. The number of halogens is 1. The summed E-state index contributed by atoms with van der Waals surface area (Å²) in [4.78, 5) is 27.9. The van der Waals surface area contributed by atoms with E-state index < -0.39 is 0 Å². The van der Waals surface area contributed by atoms with Crippen LogP contribution in [0.15, 0.2) is 52.0 Å². The van der Waals surface area contributed by atoms with Crippen molar-refractivity contribution in [3.8, 4) is 0 Å². The van der Waals surface area contributed by atoms with Gasteiger partial charge in [-0.25, -0.2) is 9.97 Å². The Kier molecular flexibility index (Phi) is 8.54. The van der Waals surface area contributed by atoms with Gasteiger partial charge in [0.1, 0.15) is 11.6 Å². The standard InChI is InChI=1S/C25H30ClN5O3S/c1-4-29(2)24(32)22-10-9-19(34-22)17-35-25-27-18(16-33-3)15-23(28-25)31-13-11-30(12-14-31)21-8-6-5-7-20(21)26/h5-10,15H,4,11-14,16-17H2,1-3H3. The lowest BCUT2D eigenvalue weighted by Crippen LogP contribution is -2.47. The summed E-state index contributed by atoms with van der Waals surface area (Å²) in [6, 6.07) is 13.5. The summed E-state index contributed by atoms with van der Waals surface area (Å²) in [5.41, 5.74) is 1.89. The number of para-hydroxylation sites is 1. The Morgan fingerprint density at radius 1 is 1.14 bits per heavy atom. The molecule has 0 unspecified atom stereocenters. The number of rotatable bonds is 9. The second-order valence-corrected chi connectivity index (χ2v) is 9.58. The minimum atomic E-state index is -0.125. The van der Waals surface area contributed by atoms with E-state index in [1.807, 2.05) is 37.3 Å². The molecule has 0 atom stereocenters. The Morgan fingerprint density at radius 3 is 2.60 bits per heavy atom. The van der Waals surface area contributed by atoms with Gasteiger partial charge in [-0.1, -0.05) is 35.5 Å². The fourth-order valence-electron chi connectivity index (χ4n) is 3.83. The summed E-state index contributed by atoms with van der Waals surface area (Å²) in [6.07, 6.45) is 0. The molecule has 0 radical (unpaired) electrons. The van der Waals surface area contributed by atoms with Gasteiger partial charge in [-0.2, -0.15) is 0 Å². The molecule has 0 N–H and O–H groups in total. The van der Waals surface area contributed by atoms with E-state index in [2.05, 4.69) is 20.9 Å². The molecular weight excluding hydrogens is 486 g/mol.